The van der Waals surface area contributed by atoms with Crippen LogP contribution in [0.2, 0.25) is 0 Å². The first-order valence-electron chi connectivity index (χ1n) is 7.12. The molecule has 1 aliphatic heterocycles. The van der Waals surface area contributed by atoms with Crippen molar-refractivity contribution in [3.05, 3.63) is 11.1 Å². The molecule has 1 saturated heterocycles. The van der Waals surface area contributed by atoms with Crippen molar-refractivity contribution in [3.8, 4) is 0 Å². The number of hydrogen-bond acceptors (Lipinski definition) is 5. The Morgan fingerprint density at radius 3 is 2.00 bits per heavy atom. The molecule has 134 valence electrons. The molecule has 0 aromatic carbocycles. The number of cyclic esters (lactones) is 2. The summed E-state index contributed by atoms with van der Waals surface area (Å²) in [4.78, 5) is 36.3. The van der Waals surface area contributed by atoms with Gasteiger partial charge in [0.1, 0.15) is 5.03 Å². The first-order valence-corrected chi connectivity index (χ1v) is 7.50. The predicted molar refractivity (Wildman–Crippen MR) is 75.5 cm³/mol. The molecule has 9 heteroatoms. The van der Waals surface area contributed by atoms with E-state index in [-0.39, 0.29) is 0 Å². The second-order valence-corrected chi connectivity index (χ2v) is 7.32. The van der Waals surface area contributed by atoms with Crippen molar-refractivity contribution in [2.45, 2.75) is 39.7 Å². The van der Waals surface area contributed by atoms with E-state index < -0.39 is 57.9 Å². The third-order valence-electron chi connectivity index (χ3n) is 4.26. The Morgan fingerprint density at radius 1 is 1.12 bits per heavy atom. The summed E-state index contributed by atoms with van der Waals surface area (Å²) in [5.41, 5.74) is -0.865. The zero-order chi connectivity index (χ0) is 18.7. The molecule has 1 heterocycles. The second-order valence-electron chi connectivity index (χ2n) is 6.91. The van der Waals surface area contributed by atoms with Gasteiger partial charge in [0.15, 0.2) is 5.78 Å². The average molecular weight is 369 g/mol. The molecule has 2 fully saturated rings. The number of esters is 2. The minimum Gasteiger partial charge on any atom is -0.422 e. The predicted octanol–water partition coefficient (Wildman–Crippen LogP) is 2.97. The molecule has 5 nitrogen and oxygen atoms in total. The van der Waals surface area contributed by atoms with Gasteiger partial charge in [-0.2, -0.15) is 13.2 Å². The van der Waals surface area contributed by atoms with Crippen LogP contribution in [0.5, 0.6) is 0 Å². The number of Topliss-reactive ketones (excluding diaryl/α,β-unsaturated/α-hetero) is 1. The first-order chi connectivity index (χ1) is 10.7. The summed E-state index contributed by atoms with van der Waals surface area (Å²) in [6.07, 6.45) is -3.98. The van der Waals surface area contributed by atoms with Crippen molar-refractivity contribution in [1.29, 1.82) is 0 Å². The molecular formula is C15H16ClF3O5. The van der Waals surface area contributed by atoms with Crippen LogP contribution in [0.25, 0.3) is 0 Å². The number of alkyl halides is 3. The van der Waals surface area contributed by atoms with Crippen LogP contribution in [0.15, 0.2) is 11.1 Å². The Bertz CT molecular complexity index is 616. The number of ketones is 1. The van der Waals surface area contributed by atoms with Crippen molar-refractivity contribution in [3.63, 3.8) is 0 Å². The highest BCUT2D eigenvalue weighted by molar-refractivity contribution is 6.30. The van der Waals surface area contributed by atoms with Crippen LogP contribution < -0.4 is 0 Å². The van der Waals surface area contributed by atoms with Gasteiger partial charge in [0.05, 0.1) is 0 Å². The summed E-state index contributed by atoms with van der Waals surface area (Å²) in [5, 5.41) is -1.34. The van der Waals surface area contributed by atoms with Gasteiger partial charge in [0.25, 0.3) is 5.79 Å². The fourth-order valence-electron chi connectivity index (χ4n) is 2.92. The Labute approximate surface area is 141 Å². The lowest BCUT2D eigenvalue weighted by atomic mass is 9.95. The number of hydrogen-bond donors (Lipinski definition) is 0. The quantitative estimate of drug-likeness (QED) is 0.566. The molecule has 1 aliphatic carbocycles. The second kappa shape index (κ2) is 5.47. The van der Waals surface area contributed by atoms with Gasteiger partial charge >= 0.3 is 18.1 Å². The minimum atomic E-state index is -4.72. The average Bonchev–Trinajstić information content (AvgIpc) is 2.86. The van der Waals surface area contributed by atoms with Gasteiger partial charge in [-0.25, -0.2) is 0 Å². The van der Waals surface area contributed by atoms with Gasteiger partial charge in [0.2, 0.25) is 5.92 Å². The van der Waals surface area contributed by atoms with E-state index in [1.54, 1.807) is 13.8 Å². The van der Waals surface area contributed by atoms with Gasteiger partial charge < -0.3 is 9.47 Å². The molecule has 0 aromatic heterocycles. The van der Waals surface area contributed by atoms with E-state index in [2.05, 4.69) is 0 Å². The molecule has 2 atom stereocenters. The van der Waals surface area contributed by atoms with Crippen molar-refractivity contribution >= 4 is 29.3 Å². The molecular weight excluding hydrogens is 353 g/mol. The normalized spacial score (nSPS) is 29.8. The Kier molecular flexibility index (Phi) is 4.28. The van der Waals surface area contributed by atoms with Crippen molar-refractivity contribution in [1.82, 2.24) is 0 Å². The van der Waals surface area contributed by atoms with Gasteiger partial charge in [-0.15, -0.1) is 0 Å². The highest BCUT2D eigenvalue weighted by Gasteiger charge is 2.64. The summed E-state index contributed by atoms with van der Waals surface area (Å²) >= 11 is 5.21. The van der Waals surface area contributed by atoms with E-state index in [9.17, 15) is 27.6 Å². The fourth-order valence-corrected chi connectivity index (χ4v) is 3.05. The van der Waals surface area contributed by atoms with Crippen LogP contribution in [0.1, 0.15) is 27.7 Å². The van der Waals surface area contributed by atoms with Gasteiger partial charge in [-0.05, 0) is 11.3 Å². The largest absolute Gasteiger partial charge is 0.426 e. The maximum absolute atomic E-state index is 12.5. The monoisotopic (exact) mass is 368 g/mol. The number of allylic oxidation sites excluding steroid dienone is 2. The topological polar surface area (TPSA) is 69.7 Å². The molecule has 24 heavy (non-hydrogen) atoms. The van der Waals surface area contributed by atoms with Crippen molar-refractivity contribution in [2.75, 3.05) is 0 Å². The summed E-state index contributed by atoms with van der Waals surface area (Å²) in [6, 6.07) is 0. The van der Waals surface area contributed by atoms with E-state index in [1.807, 2.05) is 0 Å². The number of ether oxygens (including phenoxy) is 2. The number of halogens is 4. The third-order valence-corrected chi connectivity index (χ3v) is 4.60. The third kappa shape index (κ3) is 3.29. The molecule has 2 unspecified atom stereocenters. The van der Waals surface area contributed by atoms with Crippen LogP contribution in [-0.4, -0.2) is 29.7 Å². The van der Waals surface area contributed by atoms with Crippen LogP contribution in [0, 0.1) is 23.2 Å². The Balaban J connectivity index is 2.22. The highest BCUT2D eigenvalue weighted by Crippen LogP contribution is 2.61. The smallest absolute Gasteiger partial charge is 0.422 e. The summed E-state index contributed by atoms with van der Waals surface area (Å²) in [6.45, 7) is 5.78. The molecule has 0 bridgehead atoms. The number of rotatable bonds is 3. The lowest BCUT2D eigenvalue weighted by molar-refractivity contribution is -0.238. The van der Waals surface area contributed by atoms with Gasteiger partial charge in [0, 0.05) is 19.8 Å². The lowest BCUT2D eigenvalue weighted by Crippen LogP contribution is -2.49. The van der Waals surface area contributed by atoms with E-state index in [4.69, 9.17) is 21.1 Å². The van der Waals surface area contributed by atoms with E-state index >= 15 is 0 Å². The molecule has 2 rings (SSSR count). The Hall–Kier alpha value is -1.57. The molecule has 0 spiro atoms. The fraction of sp³-hybridized carbons (Fsp3) is 0.667. The molecule has 0 aromatic rings. The van der Waals surface area contributed by atoms with Gasteiger partial charge in [-0.3, -0.25) is 14.4 Å². The zero-order valence-electron chi connectivity index (χ0n) is 13.4. The summed E-state index contributed by atoms with van der Waals surface area (Å²) in [5.74, 6) is -8.01. The zero-order valence-corrected chi connectivity index (χ0v) is 14.1. The summed E-state index contributed by atoms with van der Waals surface area (Å²) in [7, 11) is 0. The maximum atomic E-state index is 12.5. The molecule has 2 aliphatic rings. The highest BCUT2D eigenvalue weighted by atomic mass is 35.5. The standard InChI is InChI=1S/C15H16ClF3O5/c1-13(2)6(5-7(16)15(17,18)19)9(13)10(20)8-11(21)23-14(3,4)24-12(8)22/h5-6,8-9H,1-4H3/b7-5-. The first kappa shape index (κ1) is 18.8. The maximum Gasteiger partial charge on any atom is 0.426 e. The number of carbonyl (C=O) groups is 3. The van der Waals surface area contributed by atoms with E-state index in [0.29, 0.717) is 0 Å². The minimum absolute atomic E-state index is 0.744. The molecule has 0 N–H and O–H groups in total. The van der Waals surface area contributed by atoms with E-state index in [1.165, 1.54) is 13.8 Å². The molecule has 0 radical (unpaired) electrons. The van der Waals surface area contributed by atoms with Crippen molar-refractivity contribution in [2.24, 2.45) is 23.2 Å². The molecule has 1 saturated carbocycles. The van der Waals surface area contributed by atoms with Crippen LogP contribution in [0.3, 0.4) is 0 Å². The summed E-state index contributed by atoms with van der Waals surface area (Å²) < 4.78 is 47.4. The van der Waals surface area contributed by atoms with E-state index in [0.717, 1.165) is 6.08 Å². The van der Waals surface area contributed by atoms with Crippen LogP contribution in [-0.2, 0) is 23.9 Å². The van der Waals surface area contributed by atoms with Crippen LogP contribution >= 0.6 is 11.6 Å². The Morgan fingerprint density at radius 2 is 1.58 bits per heavy atom. The SMILES string of the molecule is CC1(C)OC(=O)C(C(=O)C2C(/C=C(\Cl)C(F)(F)F)C2(C)C)C(=O)O1. The van der Waals surface area contributed by atoms with Gasteiger partial charge in [-0.1, -0.05) is 31.5 Å². The van der Waals surface area contributed by atoms with Crippen LogP contribution in [0.4, 0.5) is 13.2 Å². The molecule has 0 amide bonds. The van der Waals surface area contributed by atoms with Crippen molar-refractivity contribution < 1.29 is 37.0 Å². The lowest BCUT2D eigenvalue weighted by Gasteiger charge is -2.32. The number of carbonyl (C=O) groups excluding carboxylic acids is 3.